The van der Waals surface area contributed by atoms with E-state index in [4.69, 9.17) is 4.98 Å². The summed E-state index contributed by atoms with van der Waals surface area (Å²) in [6.07, 6.45) is 5.00. The second kappa shape index (κ2) is 6.65. The summed E-state index contributed by atoms with van der Waals surface area (Å²) in [5.74, 6) is 0.816. The summed E-state index contributed by atoms with van der Waals surface area (Å²) in [5, 5.41) is 0. The molecule has 0 bridgehead atoms. The van der Waals surface area contributed by atoms with Gasteiger partial charge in [-0.3, -0.25) is 0 Å². The van der Waals surface area contributed by atoms with Crippen LogP contribution in [0.25, 0.3) is 11.3 Å². The molecule has 0 N–H and O–H groups in total. The van der Waals surface area contributed by atoms with Gasteiger partial charge in [-0.05, 0) is 42.0 Å². The van der Waals surface area contributed by atoms with Crippen LogP contribution in [0.5, 0.6) is 0 Å². The minimum Gasteiger partial charge on any atom is -0.336 e. The van der Waals surface area contributed by atoms with Crippen molar-refractivity contribution in [2.45, 2.75) is 17.9 Å². The van der Waals surface area contributed by atoms with Gasteiger partial charge in [-0.25, -0.2) is 9.97 Å². The zero-order valence-electron chi connectivity index (χ0n) is 13.6. The van der Waals surface area contributed by atoms with Gasteiger partial charge in [0, 0.05) is 29.7 Å². The first-order chi connectivity index (χ1) is 11.8. The summed E-state index contributed by atoms with van der Waals surface area (Å²) in [6, 6.07) is 19.2. The fraction of sp³-hybridized carbons (Fsp3) is 0.200. The van der Waals surface area contributed by atoms with Crippen LogP contribution in [-0.2, 0) is 13.0 Å². The maximum atomic E-state index is 4.80. The van der Waals surface area contributed by atoms with Crippen LogP contribution in [0, 0.1) is 0 Å². The molecule has 3 nitrogen and oxygen atoms in total. The number of fused-ring (bicyclic) bond motifs is 1. The Bertz CT molecular complexity index is 846. The second-order valence-corrected chi connectivity index (χ2v) is 6.79. The number of benzene rings is 2. The molecule has 4 heteroatoms. The Labute approximate surface area is 146 Å². The van der Waals surface area contributed by atoms with Crippen LogP contribution in [0.15, 0.2) is 65.7 Å². The molecular weight excluding hydrogens is 314 g/mol. The highest BCUT2D eigenvalue weighted by Crippen LogP contribution is 2.25. The Morgan fingerprint density at radius 1 is 0.958 bits per heavy atom. The van der Waals surface area contributed by atoms with Crippen LogP contribution < -0.4 is 4.90 Å². The first-order valence-corrected chi connectivity index (χ1v) is 9.35. The van der Waals surface area contributed by atoms with Crippen LogP contribution in [0.2, 0.25) is 0 Å². The van der Waals surface area contributed by atoms with E-state index < -0.39 is 0 Å². The van der Waals surface area contributed by atoms with Gasteiger partial charge in [-0.2, -0.15) is 0 Å². The average molecular weight is 333 g/mol. The monoisotopic (exact) mass is 333 g/mol. The lowest BCUT2D eigenvalue weighted by Gasteiger charge is -2.28. The third-order valence-corrected chi connectivity index (χ3v) is 5.19. The largest absolute Gasteiger partial charge is 0.336 e. The smallest absolute Gasteiger partial charge is 0.226 e. The van der Waals surface area contributed by atoms with E-state index in [1.54, 1.807) is 11.8 Å². The first-order valence-electron chi connectivity index (χ1n) is 8.13. The number of nitrogens with zero attached hydrogens (tertiary/aromatic N) is 3. The van der Waals surface area contributed by atoms with Gasteiger partial charge in [-0.15, -0.1) is 11.8 Å². The lowest BCUT2D eigenvalue weighted by molar-refractivity contribution is 0.708. The highest BCUT2D eigenvalue weighted by atomic mass is 32.2. The molecule has 1 aliphatic rings. The standard InChI is InChI=1S/C20H19N3S/c1-24-18-8-6-16(7-9-18)19-10-12-21-20(22-19)23-13-11-15-4-2-3-5-17(15)14-23/h2-10,12H,11,13-14H2,1H3. The Hall–Kier alpha value is -2.33. The van der Waals surface area contributed by atoms with Gasteiger partial charge in [0.15, 0.2) is 0 Å². The number of hydrogen-bond acceptors (Lipinski definition) is 4. The van der Waals surface area contributed by atoms with Gasteiger partial charge in [0.05, 0.1) is 5.69 Å². The van der Waals surface area contributed by atoms with E-state index in [0.29, 0.717) is 0 Å². The van der Waals surface area contributed by atoms with E-state index in [0.717, 1.165) is 36.7 Å². The maximum absolute atomic E-state index is 4.80. The Morgan fingerprint density at radius 3 is 2.54 bits per heavy atom. The van der Waals surface area contributed by atoms with Gasteiger partial charge >= 0.3 is 0 Å². The lowest BCUT2D eigenvalue weighted by atomic mass is 10.0. The minimum atomic E-state index is 0.816. The quantitative estimate of drug-likeness (QED) is 0.663. The molecule has 0 fully saturated rings. The van der Waals surface area contributed by atoms with Crippen molar-refractivity contribution >= 4 is 17.7 Å². The van der Waals surface area contributed by atoms with E-state index >= 15 is 0 Å². The third kappa shape index (κ3) is 3.02. The minimum absolute atomic E-state index is 0.816. The second-order valence-electron chi connectivity index (χ2n) is 5.91. The van der Waals surface area contributed by atoms with Crippen molar-refractivity contribution in [2.75, 3.05) is 17.7 Å². The number of hydrogen-bond donors (Lipinski definition) is 0. The molecule has 0 saturated heterocycles. The number of thioether (sulfide) groups is 1. The van der Waals surface area contributed by atoms with Gasteiger partial charge in [-0.1, -0.05) is 36.4 Å². The van der Waals surface area contributed by atoms with Gasteiger partial charge in [0.25, 0.3) is 0 Å². The van der Waals surface area contributed by atoms with Crippen molar-refractivity contribution in [1.29, 1.82) is 0 Å². The number of rotatable bonds is 3. The number of anilines is 1. The van der Waals surface area contributed by atoms with Crippen molar-refractivity contribution in [1.82, 2.24) is 9.97 Å². The summed E-state index contributed by atoms with van der Waals surface area (Å²) in [4.78, 5) is 12.8. The number of aromatic nitrogens is 2. The fourth-order valence-corrected chi connectivity index (χ4v) is 3.50. The first kappa shape index (κ1) is 15.2. The summed E-state index contributed by atoms with van der Waals surface area (Å²) >= 11 is 1.75. The topological polar surface area (TPSA) is 29.0 Å². The Morgan fingerprint density at radius 2 is 1.75 bits per heavy atom. The molecule has 1 aliphatic heterocycles. The Balaban J connectivity index is 1.61. The van der Waals surface area contributed by atoms with Gasteiger partial charge in [0.2, 0.25) is 5.95 Å². The van der Waals surface area contributed by atoms with Crippen molar-refractivity contribution in [3.8, 4) is 11.3 Å². The van der Waals surface area contributed by atoms with Gasteiger partial charge in [0.1, 0.15) is 0 Å². The molecule has 2 aromatic carbocycles. The molecule has 3 aromatic rings. The lowest BCUT2D eigenvalue weighted by Crippen LogP contribution is -2.31. The molecule has 4 rings (SSSR count). The highest BCUT2D eigenvalue weighted by molar-refractivity contribution is 7.98. The average Bonchev–Trinajstić information content (AvgIpc) is 2.68. The van der Waals surface area contributed by atoms with Crippen molar-refractivity contribution < 1.29 is 0 Å². The van der Waals surface area contributed by atoms with E-state index in [1.165, 1.54) is 16.0 Å². The summed E-state index contributed by atoms with van der Waals surface area (Å²) < 4.78 is 0. The molecule has 120 valence electrons. The molecule has 0 spiro atoms. The molecule has 24 heavy (non-hydrogen) atoms. The molecule has 2 heterocycles. The van der Waals surface area contributed by atoms with Crippen LogP contribution >= 0.6 is 11.8 Å². The molecule has 0 saturated carbocycles. The molecule has 0 aliphatic carbocycles. The van der Waals surface area contributed by atoms with E-state index in [1.807, 2.05) is 12.3 Å². The van der Waals surface area contributed by atoms with Crippen LogP contribution in [0.1, 0.15) is 11.1 Å². The fourth-order valence-electron chi connectivity index (χ4n) is 3.09. The summed E-state index contributed by atoms with van der Waals surface area (Å²) in [6.45, 7) is 1.84. The van der Waals surface area contributed by atoms with Crippen LogP contribution in [0.4, 0.5) is 5.95 Å². The predicted molar refractivity (Wildman–Crippen MR) is 100 cm³/mol. The summed E-state index contributed by atoms with van der Waals surface area (Å²) in [5.41, 5.74) is 4.93. The van der Waals surface area contributed by atoms with Crippen LogP contribution in [0.3, 0.4) is 0 Å². The third-order valence-electron chi connectivity index (χ3n) is 4.44. The van der Waals surface area contributed by atoms with Gasteiger partial charge < -0.3 is 4.90 Å². The summed E-state index contributed by atoms with van der Waals surface area (Å²) in [7, 11) is 0. The Kier molecular flexibility index (Phi) is 4.22. The normalized spacial score (nSPS) is 13.6. The molecule has 1 aromatic heterocycles. The molecule has 0 amide bonds. The highest BCUT2D eigenvalue weighted by Gasteiger charge is 2.18. The molecule has 0 atom stereocenters. The molecular formula is C20H19N3S. The van der Waals surface area contributed by atoms with E-state index in [9.17, 15) is 0 Å². The van der Waals surface area contributed by atoms with E-state index in [2.05, 4.69) is 64.7 Å². The molecule has 0 unspecified atom stereocenters. The van der Waals surface area contributed by atoms with Crippen molar-refractivity contribution in [2.24, 2.45) is 0 Å². The van der Waals surface area contributed by atoms with Crippen LogP contribution in [-0.4, -0.2) is 22.8 Å². The predicted octanol–water partition coefficient (Wildman–Crippen LogP) is 4.43. The van der Waals surface area contributed by atoms with E-state index in [-0.39, 0.29) is 0 Å². The zero-order chi connectivity index (χ0) is 16.4. The van der Waals surface area contributed by atoms with Crippen molar-refractivity contribution in [3.63, 3.8) is 0 Å². The maximum Gasteiger partial charge on any atom is 0.226 e. The zero-order valence-corrected chi connectivity index (χ0v) is 14.5. The SMILES string of the molecule is CSc1ccc(-c2ccnc(N3CCc4ccccc4C3)n2)cc1. The van der Waals surface area contributed by atoms with Crippen molar-refractivity contribution in [3.05, 3.63) is 71.9 Å². The molecule has 0 radical (unpaired) electrons.